The lowest BCUT2D eigenvalue weighted by Gasteiger charge is -2.07. The van der Waals surface area contributed by atoms with E-state index in [1.54, 1.807) is 25.1 Å². The Hall–Kier alpha value is -2.70. The molecule has 3 aromatic rings. The van der Waals surface area contributed by atoms with E-state index >= 15 is 0 Å². The summed E-state index contributed by atoms with van der Waals surface area (Å²) in [6.45, 7) is 2.07. The van der Waals surface area contributed by atoms with Crippen LogP contribution in [0.5, 0.6) is 5.75 Å². The Bertz CT molecular complexity index is 821. The number of H-pyrrole nitrogens is 1. The maximum Gasteiger partial charge on any atom is 0.265 e. The molecular weight excluding hydrogens is 258 g/mol. The number of methoxy groups -OCH3 is 1. The highest BCUT2D eigenvalue weighted by molar-refractivity contribution is 5.83. The van der Waals surface area contributed by atoms with Crippen LogP contribution < -0.4 is 10.3 Å². The lowest BCUT2D eigenvalue weighted by Crippen LogP contribution is -2.22. The summed E-state index contributed by atoms with van der Waals surface area (Å²) < 4.78 is 6.69. The van der Waals surface area contributed by atoms with Crippen LogP contribution in [0.15, 0.2) is 29.3 Å². The van der Waals surface area contributed by atoms with E-state index in [1.807, 2.05) is 0 Å². The minimum Gasteiger partial charge on any atom is -0.496 e. The minimum absolute atomic E-state index is 0.171. The zero-order valence-electron chi connectivity index (χ0n) is 11.1. The molecule has 7 nitrogen and oxygen atoms in total. The largest absolute Gasteiger partial charge is 0.496 e. The van der Waals surface area contributed by atoms with E-state index in [0.717, 1.165) is 0 Å². The third-order valence-corrected chi connectivity index (χ3v) is 2.99. The van der Waals surface area contributed by atoms with Gasteiger partial charge >= 0.3 is 0 Å². The Morgan fingerprint density at radius 1 is 1.40 bits per heavy atom. The normalized spacial score (nSPS) is 10.9. The van der Waals surface area contributed by atoms with E-state index in [-0.39, 0.29) is 12.1 Å². The number of hydrogen-bond acceptors (Lipinski definition) is 5. The molecule has 1 N–H and O–H groups in total. The van der Waals surface area contributed by atoms with E-state index in [1.165, 1.54) is 18.0 Å². The highest BCUT2D eigenvalue weighted by Crippen LogP contribution is 2.19. The maximum atomic E-state index is 12.5. The molecule has 0 aliphatic heterocycles. The fourth-order valence-electron chi connectivity index (χ4n) is 2.06. The van der Waals surface area contributed by atoms with Crippen molar-refractivity contribution in [2.75, 3.05) is 7.11 Å². The van der Waals surface area contributed by atoms with Gasteiger partial charge in [0.25, 0.3) is 5.56 Å². The summed E-state index contributed by atoms with van der Waals surface area (Å²) in [5, 5.41) is 7.23. The van der Waals surface area contributed by atoms with Crippen LogP contribution in [0.3, 0.4) is 0 Å². The van der Waals surface area contributed by atoms with Gasteiger partial charge < -0.3 is 4.74 Å². The Kier molecular flexibility index (Phi) is 2.94. The first kappa shape index (κ1) is 12.3. The fraction of sp³-hybridized carbons (Fsp3) is 0.231. The lowest BCUT2D eigenvalue weighted by molar-refractivity contribution is 0.419. The highest BCUT2D eigenvalue weighted by Gasteiger charge is 2.10. The van der Waals surface area contributed by atoms with Crippen molar-refractivity contribution in [1.29, 1.82) is 0 Å². The van der Waals surface area contributed by atoms with Gasteiger partial charge in [0.05, 0.1) is 25.5 Å². The predicted octanol–water partition coefficient (Wildman–Crippen LogP) is 0.880. The Morgan fingerprint density at radius 2 is 2.25 bits per heavy atom. The maximum absolute atomic E-state index is 12.5. The third kappa shape index (κ3) is 2.03. The van der Waals surface area contributed by atoms with E-state index in [4.69, 9.17) is 4.74 Å². The molecule has 0 saturated heterocycles. The van der Waals surface area contributed by atoms with E-state index in [2.05, 4.69) is 20.2 Å². The topological polar surface area (TPSA) is 85.7 Å². The van der Waals surface area contributed by atoms with Crippen molar-refractivity contribution >= 4 is 10.9 Å². The first-order valence-corrected chi connectivity index (χ1v) is 6.09. The molecule has 0 spiro atoms. The molecule has 0 fully saturated rings. The molecule has 102 valence electrons. The first-order chi connectivity index (χ1) is 9.69. The fourth-order valence-corrected chi connectivity index (χ4v) is 2.06. The van der Waals surface area contributed by atoms with Crippen molar-refractivity contribution in [3.05, 3.63) is 46.5 Å². The van der Waals surface area contributed by atoms with Gasteiger partial charge in [-0.05, 0) is 19.1 Å². The van der Waals surface area contributed by atoms with E-state index < -0.39 is 0 Å². The zero-order chi connectivity index (χ0) is 14.1. The molecular formula is C13H13N5O2. The molecule has 2 aromatic heterocycles. The van der Waals surface area contributed by atoms with Crippen LogP contribution in [0.4, 0.5) is 0 Å². The van der Waals surface area contributed by atoms with Gasteiger partial charge in [0, 0.05) is 0 Å². The standard InChI is InChI=1S/C13H13N5O2/c1-8-15-11(17-16-8)6-18-7-14-9-4-3-5-10(20-2)12(9)13(18)19/h3-5,7H,6H2,1-2H3,(H,15,16,17). The second-order valence-electron chi connectivity index (χ2n) is 4.37. The summed E-state index contributed by atoms with van der Waals surface area (Å²) in [5.41, 5.74) is 0.437. The van der Waals surface area contributed by atoms with E-state index in [9.17, 15) is 4.79 Å². The molecule has 0 bridgehead atoms. The van der Waals surface area contributed by atoms with Gasteiger partial charge in [-0.15, -0.1) is 0 Å². The molecule has 0 aliphatic carbocycles. The molecule has 2 heterocycles. The number of aromatic nitrogens is 5. The van der Waals surface area contributed by atoms with Crippen LogP contribution in [-0.2, 0) is 6.54 Å². The third-order valence-electron chi connectivity index (χ3n) is 2.99. The Balaban J connectivity index is 2.13. The van der Waals surface area contributed by atoms with Gasteiger partial charge in [-0.2, -0.15) is 5.10 Å². The molecule has 0 saturated carbocycles. The van der Waals surface area contributed by atoms with Gasteiger partial charge in [-0.3, -0.25) is 14.5 Å². The quantitative estimate of drug-likeness (QED) is 0.764. The van der Waals surface area contributed by atoms with Crippen molar-refractivity contribution in [1.82, 2.24) is 24.7 Å². The highest BCUT2D eigenvalue weighted by atomic mass is 16.5. The molecule has 3 rings (SSSR count). The predicted molar refractivity (Wildman–Crippen MR) is 72.8 cm³/mol. The monoisotopic (exact) mass is 271 g/mol. The van der Waals surface area contributed by atoms with Crippen molar-refractivity contribution < 1.29 is 4.74 Å². The van der Waals surface area contributed by atoms with Gasteiger partial charge in [0.2, 0.25) is 0 Å². The van der Waals surface area contributed by atoms with Crippen LogP contribution in [0.1, 0.15) is 11.6 Å². The summed E-state index contributed by atoms with van der Waals surface area (Å²) in [6, 6.07) is 5.32. The second kappa shape index (κ2) is 4.76. The zero-order valence-corrected chi connectivity index (χ0v) is 11.1. The second-order valence-corrected chi connectivity index (χ2v) is 4.37. The van der Waals surface area contributed by atoms with Crippen LogP contribution in [0.2, 0.25) is 0 Å². The van der Waals surface area contributed by atoms with Crippen LogP contribution in [-0.4, -0.2) is 31.8 Å². The molecule has 0 atom stereocenters. The van der Waals surface area contributed by atoms with Crippen molar-refractivity contribution in [2.24, 2.45) is 0 Å². The van der Waals surface area contributed by atoms with Crippen LogP contribution >= 0.6 is 0 Å². The number of nitrogens with zero attached hydrogens (tertiary/aromatic N) is 4. The van der Waals surface area contributed by atoms with Gasteiger partial charge in [-0.1, -0.05) is 6.07 Å². The molecule has 0 amide bonds. The minimum atomic E-state index is -0.171. The molecule has 1 aromatic carbocycles. The number of nitrogens with one attached hydrogen (secondary N) is 1. The van der Waals surface area contributed by atoms with Crippen molar-refractivity contribution in [3.8, 4) is 5.75 Å². The van der Waals surface area contributed by atoms with Crippen molar-refractivity contribution in [2.45, 2.75) is 13.5 Å². The molecule has 0 radical (unpaired) electrons. The molecule has 7 heteroatoms. The van der Waals surface area contributed by atoms with Crippen LogP contribution in [0.25, 0.3) is 10.9 Å². The summed E-state index contributed by atoms with van der Waals surface area (Å²) in [4.78, 5) is 21.0. The summed E-state index contributed by atoms with van der Waals surface area (Å²) in [7, 11) is 1.53. The number of aryl methyl sites for hydroxylation is 1. The van der Waals surface area contributed by atoms with Gasteiger partial charge in [0.15, 0.2) is 5.82 Å². The summed E-state index contributed by atoms with van der Waals surface area (Å²) in [5.74, 6) is 1.76. The SMILES string of the molecule is COc1cccc2ncn(Cc3n[nH]c(C)n3)c(=O)c12. The Labute approximate surface area is 114 Å². The number of rotatable bonds is 3. The molecule has 0 unspecified atom stereocenters. The van der Waals surface area contributed by atoms with Crippen molar-refractivity contribution in [3.63, 3.8) is 0 Å². The van der Waals surface area contributed by atoms with Crippen LogP contribution in [0, 0.1) is 6.92 Å². The first-order valence-electron chi connectivity index (χ1n) is 6.09. The Morgan fingerprint density at radius 3 is 2.95 bits per heavy atom. The molecule has 20 heavy (non-hydrogen) atoms. The average Bonchev–Trinajstić information content (AvgIpc) is 2.86. The van der Waals surface area contributed by atoms with E-state index in [0.29, 0.717) is 28.3 Å². The number of ether oxygens (including phenoxy) is 1. The average molecular weight is 271 g/mol. The summed E-state index contributed by atoms with van der Waals surface area (Å²) in [6.07, 6.45) is 1.50. The summed E-state index contributed by atoms with van der Waals surface area (Å²) >= 11 is 0. The van der Waals surface area contributed by atoms with Gasteiger partial charge in [0.1, 0.15) is 17.0 Å². The number of fused-ring (bicyclic) bond motifs is 1. The number of hydrogen-bond donors (Lipinski definition) is 1. The smallest absolute Gasteiger partial charge is 0.265 e. The lowest BCUT2D eigenvalue weighted by atomic mass is 10.2. The van der Waals surface area contributed by atoms with Gasteiger partial charge in [-0.25, -0.2) is 9.97 Å². The number of benzene rings is 1. The number of aromatic amines is 1. The molecule has 0 aliphatic rings.